The van der Waals surface area contributed by atoms with Crippen molar-refractivity contribution in [3.8, 4) is 0 Å². The van der Waals surface area contributed by atoms with Crippen LogP contribution in [0.1, 0.15) is 34.1 Å². The summed E-state index contributed by atoms with van der Waals surface area (Å²) in [5, 5.41) is 0. The van der Waals surface area contributed by atoms with Crippen molar-refractivity contribution in [1.29, 1.82) is 0 Å². The third-order valence-electron chi connectivity index (χ3n) is 0.966. The zero-order chi connectivity index (χ0) is 11.7. The molecular weight excluding hydrogens is 275 g/mol. The molecule has 5 heteroatoms. The molecule has 0 heterocycles. The van der Waals surface area contributed by atoms with Gasteiger partial charge in [0.25, 0.3) is 0 Å². The van der Waals surface area contributed by atoms with Gasteiger partial charge in [-0.25, -0.2) is 0 Å². The van der Waals surface area contributed by atoms with E-state index in [9.17, 15) is 9.59 Å². The number of nitrogens with two attached hydrogens (primary N) is 2. The quantitative estimate of drug-likeness (QED) is 0.727. The predicted octanol–water partition coefficient (Wildman–Crippen LogP) is 0.233. The molecule has 0 aliphatic heterocycles. The first-order chi connectivity index (χ1) is 6.25. The summed E-state index contributed by atoms with van der Waals surface area (Å²) < 4.78 is -0.0250. The van der Waals surface area contributed by atoms with Crippen LogP contribution in [-0.2, 0) is 27.6 Å². The molecule has 0 aliphatic carbocycles. The first-order valence-corrected chi connectivity index (χ1v) is 5.92. The third kappa shape index (κ3) is 22.7. The van der Waals surface area contributed by atoms with Crippen molar-refractivity contribution in [1.82, 2.24) is 0 Å². The molecular formula is C9H20N2O2Pd. The van der Waals surface area contributed by atoms with Crippen molar-refractivity contribution in [2.75, 3.05) is 0 Å². The molecule has 4 N–H and O–H groups in total. The summed E-state index contributed by atoms with van der Waals surface area (Å²) >= 11 is -0.306. The van der Waals surface area contributed by atoms with Crippen LogP contribution in [0, 0.1) is 0 Å². The standard InChI is InChI=1S/C5H14N2.2C2H3O.Pd/c1-4(6)3-5(2)7;2*1-2-3;/h4-5H,3,6-7H2,1-2H3;2*1H3;. The number of hydrogen-bond acceptors (Lipinski definition) is 4. The second kappa shape index (κ2) is 9.48. The Hall–Kier alpha value is -0.0777. The first kappa shape index (κ1) is 16.4. The fourth-order valence-electron chi connectivity index (χ4n) is 0.743. The fourth-order valence-corrected chi connectivity index (χ4v) is 1.51. The van der Waals surface area contributed by atoms with Gasteiger partial charge in [-0.15, -0.1) is 0 Å². The van der Waals surface area contributed by atoms with Gasteiger partial charge in [0.2, 0.25) is 0 Å². The van der Waals surface area contributed by atoms with Crippen molar-refractivity contribution in [3.63, 3.8) is 0 Å². The van der Waals surface area contributed by atoms with Gasteiger partial charge in [0.1, 0.15) is 0 Å². The Balaban J connectivity index is 0. The molecule has 0 aliphatic rings. The van der Waals surface area contributed by atoms with Crippen LogP contribution in [0.15, 0.2) is 0 Å². The Morgan fingerprint density at radius 1 is 1.07 bits per heavy atom. The minimum atomic E-state index is -0.306. The van der Waals surface area contributed by atoms with E-state index in [4.69, 9.17) is 11.5 Å². The van der Waals surface area contributed by atoms with E-state index in [1.54, 1.807) is 0 Å². The van der Waals surface area contributed by atoms with Crippen LogP contribution in [-0.4, -0.2) is 20.6 Å². The van der Waals surface area contributed by atoms with Gasteiger partial charge in [0.15, 0.2) is 0 Å². The summed E-state index contributed by atoms with van der Waals surface area (Å²) in [4.78, 5) is 20.1. The van der Waals surface area contributed by atoms with Crippen molar-refractivity contribution < 1.29 is 27.6 Å². The molecule has 88 valence electrons. The average Bonchev–Trinajstić information content (AvgIpc) is 1.79. The van der Waals surface area contributed by atoms with Crippen LogP contribution in [0.25, 0.3) is 0 Å². The number of rotatable bonds is 4. The summed E-state index contributed by atoms with van der Waals surface area (Å²) in [6.45, 7) is 6.78. The molecule has 0 aromatic rings. The Morgan fingerprint density at radius 2 is 1.36 bits per heavy atom. The molecule has 2 unspecified atom stereocenters. The van der Waals surface area contributed by atoms with Crippen LogP contribution in [0.5, 0.6) is 0 Å². The second-order valence-electron chi connectivity index (χ2n) is 3.12. The van der Waals surface area contributed by atoms with Crippen molar-refractivity contribution in [2.45, 2.75) is 46.2 Å². The zero-order valence-electron chi connectivity index (χ0n) is 9.15. The van der Waals surface area contributed by atoms with Gasteiger partial charge < -0.3 is 11.5 Å². The van der Waals surface area contributed by atoms with E-state index in [-0.39, 0.29) is 38.6 Å². The van der Waals surface area contributed by atoms with Crippen LogP contribution < -0.4 is 11.5 Å². The summed E-state index contributed by atoms with van der Waals surface area (Å²) in [7, 11) is 0. The molecule has 0 radical (unpaired) electrons. The molecule has 0 saturated carbocycles. The van der Waals surface area contributed by atoms with Crippen LogP contribution in [0.3, 0.4) is 0 Å². The monoisotopic (exact) mass is 294 g/mol. The molecule has 0 amide bonds. The summed E-state index contributed by atoms with van der Waals surface area (Å²) in [5.74, 6) is 0. The van der Waals surface area contributed by atoms with E-state index in [1.165, 1.54) is 13.8 Å². The van der Waals surface area contributed by atoms with Gasteiger partial charge in [-0.3, -0.25) is 0 Å². The Bertz CT molecular complexity index is 164. The SMILES string of the molecule is CC(N)CC(C)N.C[C](=O)[Pd][C](C)=O. The van der Waals surface area contributed by atoms with Gasteiger partial charge in [-0.1, -0.05) is 0 Å². The van der Waals surface area contributed by atoms with E-state index >= 15 is 0 Å². The maximum absolute atomic E-state index is 10.1. The van der Waals surface area contributed by atoms with Crippen molar-refractivity contribution in [2.24, 2.45) is 11.5 Å². The molecule has 2 atom stereocenters. The molecule has 14 heavy (non-hydrogen) atoms. The fraction of sp³-hybridized carbons (Fsp3) is 0.778. The zero-order valence-corrected chi connectivity index (χ0v) is 10.7. The summed E-state index contributed by atoms with van der Waals surface area (Å²) in [5.41, 5.74) is 10.8. The van der Waals surface area contributed by atoms with E-state index in [1.807, 2.05) is 13.8 Å². The molecule has 0 bridgehead atoms. The van der Waals surface area contributed by atoms with Gasteiger partial charge in [0, 0.05) is 12.1 Å². The van der Waals surface area contributed by atoms with E-state index < -0.39 is 0 Å². The van der Waals surface area contributed by atoms with Gasteiger partial charge in [0.05, 0.1) is 0 Å². The first-order valence-electron chi connectivity index (χ1n) is 4.36. The predicted molar refractivity (Wildman–Crippen MR) is 53.3 cm³/mol. The molecule has 0 fully saturated rings. The topological polar surface area (TPSA) is 86.2 Å². The second-order valence-corrected chi connectivity index (χ2v) is 5.70. The van der Waals surface area contributed by atoms with Crippen LogP contribution in [0.2, 0.25) is 0 Å². The molecule has 4 nitrogen and oxygen atoms in total. The Morgan fingerprint density at radius 3 is 1.36 bits per heavy atom. The summed E-state index contributed by atoms with van der Waals surface area (Å²) in [6.07, 6.45) is 0.917. The Labute approximate surface area is 94.0 Å². The molecule has 0 rings (SSSR count). The minimum absolute atomic E-state index is 0.0125. The molecule has 0 saturated heterocycles. The van der Waals surface area contributed by atoms with Gasteiger partial charge in [-0.2, -0.15) is 0 Å². The number of hydrogen-bond donors (Lipinski definition) is 2. The van der Waals surface area contributed by atoms with Gasteiger partial charge in [-0.05, 0) is 20.3 Å². The van der Waals surface area contributed by atoms with E-state index in [0.29, 0.717) is 0 Å². The Kier molecular flexibility index (Phi) is 11.1. The van der Waals surface area contributed by atoms with E-state index in [2.05, 4.69) is 0 Å². The third-order valence-corrected chi connectivity index (χ3v) is 2.06. The normalized spacial score (nSPS) is 13.9. The number of carbonyl (C=O) groups is 2. The maximum atomic E-state index is 10.1. The summed E-state index contributed by atoms with van der Waals surface area (Å²) in [6, 6.07) is 0.500. The molecule has 0 aromatic heterocycles. The van der Waals surface area contributed by atoms with Crippen molar-refractivity contribution in [3.05, 3.63) is 0 Å². The number of carbonyl (C=O) groups excluding carboxylic acids is 2. The molecule has 0 aromatic carbocycles. The van der Waals surface area contributed by atoms with Crippen LogP contribution in [0.4, 0.5) is 0 Å². The van der Waals surface area contributed by atoms with Crippen LogP contribution >= 0.6 is 0 Å². The average molecular weight is 295 g/mol. The van der Waals surface area contributed by atoms with E-state index in [0.717, 1.165) is 6.42 Å². The molecule has 0 spiro atoms. The van der Waals surface area contributed by atoms with Gasteiger partial charge >= 0.3 is 49.9 Å². The van der Waals surface area contributed by atoms with Crippen molar-refractivity contribution >= 4 is 8.51 Å².